The van der Waals surface area contributed by atoms with Crippen molar-refractivity contribution in [2.45, 2.75) is 6.61 Å². The van der Waals surface area contributed by atoms with Gasteiger partial charge in [0.05, 0.1) is 12.0 Å². The zero-order valence-corrected chi connectivity index (χ0v) is 17.4. The highest BCUT2D eigenvalue weighted by atomic mass is 32.2. The number of hydrogen-bond acceptors (Lipinski definition) is 9. The molecule has 0 radical (unpaired) electrons. The number of methoxy groups -OCH3 is 1. The maximum atomic E-state index is 12.6. The number of halogens is 2. The normalized spacial score (nSPS) is 14.9. The number of anilines is 1. The number of ether oxygens (including phenoxy) is 2. The van der Waals surface area contributed by atoms with Crippen LogP contribution in [0.25, 0.3) is 6.08 Å². The predicted octanol–water partition coefficient (Wildman–Crippen LogP) is 2.14. The minimum atomic E-state index is -3.02. The third kappa shape index (κ3) is 5.29. The Balaban J connectivity index is 1.65. The van der Waals surface area contributed by atoms with Crippen molar-refractivity contribution >= 4 is 40.7 Å². The number of nitrogens with one attached hydrogen (secondary N) is 1. The molecule has 1 aromatic carbocycles. The van der Waals surface area contributed by atoms with E-state index in [1.807, 2.05) is 0 Å². The number of imide groups is 1. The number of aromatic nitrogens is 2. The van der Waals surface area contributed by atoms with E-state index in [-0.39, 0.29) is 41.0 Å². The van der Waals surface area contributed by atoms with Gasteiger partial charge in [0, 0.05) is 25.5 Å². The van der Waals surface area contributed by atoms with Crippen molar-refractivity contribution in [2.24, 2.45) is 0 Å². The van der Waals surface area contributed by atoms with E-state index in [1.165, 1.54) is 43.8 Å². The Hall–Kier alpha value is -3.74. The monoisotopic (exact) mass is 465 g/mol. The summed E-state index contributed by atoms with van der Waals surface area (Å²) in [4.78, 5) is 45.6. The van der Waals surface area contributed by atoms with E-state index in [0.29, 0.717) is 17.3 Å². The zero-order valence-electron chi connectivity index (χ0n) is 16.6. The Kier molecular flexibility index (Phi) is 7.20. The molecule has 10 nitrogen and oxygen atoms in total. The van der Waals surface area contributed by atoms with Crippen LogP contribution in [0.2, 0.25) is 0 Å². The van der Waals surface area contributed by atoms with E-state index in [2.05, 4.69) is 20.0 Å². The second-order valence-corrected chi connectivity index (χ2v) is 7.16. The molecule has 2 heterocycles. The van der Waals surface area contributed by atoms with Crippen LogP contribution in [-0.4, -0.2) is 58.7 Å². The van der Waals surface area contributed by atoms with Crippen molar-refractivity contribution in [3.8, 4) is 11.5 Å². The van der Waals surface area contributed by atoms with E-state index in [4.69, 9.17) is 10.5 Å². The summed E-state index contributed by atoms with van der Waals surface area (Å²) >= 11 is 0.714. The number of thioether (sulfide) groups is 1. The van der Waals surface area contributed by atoms with Crippen LogP contribution in [0.3, 0.4) is 0 Å². The summed E-state index contributed by atoms with van der Waals surface area (Å²) in [5.41, 5.74) is 5.97. The summed E-state index contributed by atoms with van der Waals surface area (Å²) in [6.07, 6.45) is 4.08. The van der Waals surface area contributed by atoms with Crippen molar-refractivity contribution in [3.63, 3.8) is 0 Å². The maximum Gasteiger partial charge on any atom is 0.387 e. The Morgan fingerprint density at radius 2 is 2.03 bits per heavy atom. The summed E-state index contributed by atoms with van der Waals surface area (Å²) in [6.45, 7) is -3.11. The molecule has 1 aliphatic rings. The molecule has 0 atom stereocenters. The van der Waals surface area contributed by atoms with Gasteiger partial charge in [0.25, 0.3) is 17.1 Å². The molecule has 1 fully saturated rings. The molecule has 1 aromatic heterocycles. The number of nitrogen functional groups attached to an aromatic ring is 1. The fraction of sp³-hybridized carbons (Fsp3) is 0.211. The van der Waals surface area contributed by atoms with Gasteiger partial charge in [0.1, 0.15) is 0 Å². The van der Waals surface area contributed by atoms with Gasteiger partial charge in [-0.3, -0.25) is 19.3 Å². The molecule has 3 N–H and O–H groups in total. The highest BCUT2D eigenvalue weighted by molar-refractivity contribution is 8.18. The van der Waals surface area contributed by atoms with Crippen LogP contribution in [-0.2, 0) is 4.79 Å². The minimum Gasteiger partial charge on any atom is -0.493 e. The molecule has 0 saturated carbocycles. The van der Waals surface area contributed by atoms with E-state index < -0.39 is 23.7 Å². The molecule has 0 bridgehead atoms. The number of carbonyl (C=O) groups is 3. The Labute approximate surface area is 184 Å². The van der Waals surface area contributed by atoms with Crippen LogP contribution in [0, 0.1) is 0 Å². The average molecular weight is 465 g/mol. The highest BCUT2D eigenvalue weighted by Gasteiger charge is 2.34. The van der Waals surface area contributed by atoms with Gasteiger partial charge in [-0.15, -0.1) is 0 Å². The number of benzene rings is 1. The molecule has 168 valence electrons. The first-order chi connectivity index (χ1) is 15.3. The smallest absolute Gasteiger partial charge is 0.387 e. The second kappa shape index (κ2) is 10.0. The van der Waals surface area contributed by atoms with Gasteiger partial charge in [-0.1, -0.05) is 6.07 Å². The standard InChI is InChI=1S/C19H17F2N5O5S/c1-30-12-8-10(2-3-11(12)31-18(20)21)9-13-17(28)26(19(29)32-13)7-6-25-16(27)14-15(22)24-5-4-23-14/h2-5,8-9,18H,6-7H2,1H3,(H2,22,24)(H,25,27)/b13-9-. The van der Waals surface area contributed by atoms with Crippen LogP contribution in [0.1, 0.15) is 16.1 Å². The fourth-order valence-corrected chi connectivity index (χ4v) is 3.57. The lowest BCUT2D eigenvalue weighted by Crippen LogP contribution is -2.37. The molecule has 1 saturated heterocycles. The molecule has 0 aliphatic carbocycles. The third-order valence-corrected chi connectivity index (χ3v) is 5.05. The van der Waals surface area contributed by atoms with Gasteiger partial charge in [-0.2, -0.15) is 8.78 Å². The van der Waals surface area contributed by atoms with Crippen LogP contribution in [0.4, 0.5) is 19.4 Å². The van der Waals surface area contributed by atoms with Gasteiger partial charge >= 0.3 is 6.61 Å². The van der Waals surface area contributed by atoms with Crippen molar-refractivity contribution < 1.29 is 32.6 Å². The lowest BCUT2D eigenvalue weighted by atomic mass is 10.2. The lowest BCUT2D eigenvalue weighted by molar-refractivity contribution is -0.122. The quantitative estimate of drug-likeness (QED) is 0.562. The first kappa shape index (κ1) is 22.9. The lowest BCUT2D eigenvalue weighted by Gasteiger charge is -2.13. The average Bonchev–Trinajstić information content (AvgIpc) is 3.02. The number of alkyl halides is 2. The number of amides is 3. The molecular formula is C19H17F2N5O5S. The molecule has 0 unspecified atom stereocenters. The Bertz CT molecular complexity index is 1080. The number of carbonyl (C=O) groups excluding carboxylic acids is 3. The molecule has 3 rings (SSSR count). The number of nitrogens with two attached hydrogens (primary N) is 1. The first-order valence-electron chi connectivity index (χ1n) is 9.03. The number of nitrogens with zero attached hydrogens (tertiary/aromatic N) is 3. The largest absolute Gasteiger partial charge is 0.493 e. The second-order valence-electron chi connectivity index (χ2n) is 6.17. The molecule has 2 aromatic rings. The van der Waals surface area contributed by atoms with E-state index in [9.17, 15) is 23.2 Å². The Morgan fingerprint density at radius 1 is 1.28 bits per heavy atom. The molecular weight excluding hydrogens is 448 g/mol. The number of hydrogen-bond donors (Lipinski definition) is 2. The Morgan fingerprint density at radius 3 is 2.72 bits per heavy atom. The summed E-state index contributed by atoms with van der Waals surface area (Å²) in [5, 5.41) is 2.01. The van der Waals surface area contributed by atoms with E-state index >= 15 is 0 Å². The van der Waals surface area contributed by atoms with Crippen LogP contribution in [0.15, 0.2) is 35.5 Å². The highest BCUT2D eigenvalue weighted by Crippen LogP contribution is 2.34. The summed E-state index contributed by atoms with van der Waals surface area (Å²) in [5.74, 6) is -1.30. The molecule has 1 aliphatic heterocycles. The third-order valence-electron chi connectivity index (χ3n) is 4.14. The van der Waals surface area contributed by atoms with Gasteiger partial charge in [0.15, 0.2) is 23.0 Å². The summed E-state index contributed by atoms with van der Waals surface area (Å²) in [6, 6.07) is 4.12. The van der Waals surface area contributed by atoms with Crippen LogP contribution >= 0.6 is 11.8 Å². The number of rotatable bonds is 8. The SMILES string of the molecule is COc1cc(/C=C2\SC(=O)N(CCNC(=O)c3nccnc3N)C2=O)ccc1OC(F)F. The maximum absolute atomic E-state index is 12.6. The van der Waals surface area contributed by atoms with Crippen molar-refractivity contribution in [2.75, 3.05) is 25.9 Å². The predicted molar refractivity (Wildman–Crippen MR) is 111 cm³/mol. The molecule has 3 amide bonds. The fourth-order valence-electron chi connectivity index (χ4n) is 2.70. The minimum absolute atomic E-state index is 0.0202. The van der Waals surface area contributed by atoms with Gasteiger partial charge < -0.3 is 20.5 Å². The van der Waals surface area contributed by atoms with E-state index in [0.717, 1.165) is 4.90 Å². The zero-order chi connectivity index (χ0) is 23.3. The molecule has 32 heavy (non-hydrogen) atoms. The van der Waals surface area contributed by atoms with Crippen LogP contribution < -0.4 is 20.5 Å². The van der Waals surface area contributed by atoms with E-state index in [1.54, 1.807) is 0 Å². The van der Waals surface area contributed by atoms with Crippen molar-refractivity contribution in [3.05, 3.63) is 46.8 Å². The molecule has 13 heteroatoms. The topological polar surface area (TPSA) is 137 Å². The summed E-state index contributed by atoms with van der Waals surface area (Å²) in [7, 11) is 1.29. The van der Waals surface area contributed by atoms with Gasteiger partial charge in [-0.05, 0) is 35.5 Å². The molecule has 0 spiro atoms. The first-order valence-corrected chi connectivity index (χ1v) is 9.84. The van der Waals surface area contributed by atoms with Gasteiger partial charge in [-0.25, -0.2) is 9.97 Å². The van der Waals surface area contributed by atoms with Crippen LogP contribution in [0.5, 0.6) is 11.5 Å². The summed E-state index contributed by atoms with van der Waals surface area (Å²) < 4.78 is 34.3. The van der Waals surface area contributed by atoms with Crippen molar-refractivity contribution in [1.82, 2.24) is 20.2 Å². The van der Waals surface area contributed by atoms with Crippen molar-refractivity contribution in [1.29, 1.82) is 0 Å². The van der Waals surface area contributed by atoms with Gasteiger partial charge in [0.2, 0.25) is 0 Å².